The van der Waals surface area contributed by atoms with Crippen molar-refractivity contribution in [3.05, 3.63) is 90.0 Å². The average Bonchev–Trinajstić information content (AvgIpc) is 2.72. The molecular formula is C22H17NO3. The Balaban J connectivity index is 1.49. The minimum atomic E-state index is -0.459. The van der Waals surface area contributed by atoms with Gasteiger partial charge in [-0.15, -0.1) is 0 Å². The first-order chi connectivity index (χ1) is 12.7. The molecule has 0 amide bonds. The van der Waals surface area contributed by atoms with Gasteiger partial charge in [-0.2, -0.15) is 5.26 Å². The zero-order chi connectivity index (χ0) is 18.2. The molecule has 0 spiro atoms. The molecule has 0 aliphatic heterocycles. The molecule has 0 N–H and O–H groups in total. The summed E-state index contributed by atoms with van der Waals surface area (Å²) in [6, 6.07) is 26.6. The number of hydrogen-bond acceptors (Lipinski definition) is 4. The van der Waals surface area contributed by atoms with Crippen molar-refractivity contribution in [1.29, 1.82) is 5.26 Å². The van der Waals surface area contributed by atoms with E-state index in [-0.39, 0.29) is 13.2 Å². The molecule has 4 heteroatoms. The summed E-state index contributed by atoms with van der Waals surface area (Å²) in [6.45, 7) is -0.0483. The molecule has 0 aliphatic carbocycles. The fourth-order valence-electron chi connectivity index (χ4n) is 2.45. The van der Waals surface area contributed by atoms with Gasteiger partial charge >= 0.3 is 5.97 Å². The number of carbonyl (C=O) groups is 1. The van der Waals surface area contributed by atoms with E-state index in [1.165, 1.54) is 0 Å². The Bertz CT molecular complexity index is 912. The highest BCUT2D eigenvalue weighted by Gasteiger charge is 2.06. The molecule has 0 bridgehead atoms. The van der Waals surface area contributed by atoms with Crippen LogP contribution in [0.1, 0.15) is 11.1 Å². The molecule has 3 aromatic carbocycles. The van der Waals surface area contributed by atoms with Crippen molar-refractivity contribution in [1.82, 2.24) is 0 Å². The van der Waals surface area contributed by atoms with Crippen molar-refractivity contribution < 1.29 is 14.3 Å². The number of hydrogen-bond donors (Lipinski definition) is 0. The number of ether oxygens (including phenoxy) is 2. The lowest BCUT2D eigenvalue weighted by Crippen LogP contribution is -2.14. The summed E-state index contributed by atoms with van der Waals surface area (Å²) in [4.78, 5) is 11.8. The van der Waals surface area contributed by atoms with Gasteiger partial charge in [0.05, 0.1) is 11.6 Å². The third-order valence-electron chi connectivity index (χ3n) is 3.77. The fourth-order valence-corrected chi connectivity index (χ4v) is 2.45. The van der Waals surface area contributed by atoms with Gasteiger partial charge in [0.2, 0.25) is 0 Å². The van der Waals surface area contributed by atoms with Crippen LogP contribution in [0.3, 0.4) is 0 Å². The highest BCUT2D eigenvalue weighted by atomic mass is 16.6. The van der Waals surface area contributed by atoms with Gasteiger partial charge in [0.15, 0.2) is 6.61 Å². The largest absolute Gasteiger partial charge is 0.482 e. The molecule has 26 heavy (non-hydrogen) atoms. The van der Waals surface area contributed by atoms with E-state index >= 15 is 0 Å². The Morgan fingerprint density at radius 1 is 0.885 bits per heavy atom. The predicted molar refractivity (Wildman–Crippen MR) is 98.3 cm³/mol. The first-order valence-electron chi connectivity index (χ1n) is 8.17. The molecule has 0 fully saturated rings. The third-order valence-corrected chi connectivity index (χ3v) is 3.77. The van der Waals surface area contributed by atoms with Crippen LogP contribution in [-0.2, 0) is 16.1 Å². The average molecular weight is 343 g/mol. The molecular weight excluding hydrogens is 326 g/mol. The predicted octanol–water partition coefficient (Wildman–Crippen LogP) is 4.35. The van der Waals surface area contributed by atoms with E-state index < -0.39 is 5.97 Å². The van der Waals surface area contributed by atoms with Crippen molar-refractivity contribution >= 4 is 5.97 Å². The van der Waals surface area contributed by atoms with Crippen LogP contribution in [0.5, 0.6) is 5.75 Å². The second kappa shape index (κ2) is 8.50. The van der Waals surface area contributed by atoms with E-state index in [9.17, 15) is 4.79 Å². The lowest BCUT2D eigenvalue weighted by Gasteiger charge is -2.08. The van der Waals surface area contributed by atoms with Crippen LogP contribution in [0.15, 0.2) is 78.9 Å². The van der Waals surface area contributed by atoms with Gasteiger partial charge in [-0.1, -0.05) is 54.6 Å². The van der Waals surface area contributed by atoms with Crippen LogP contribution >= 0.6 is 0 Å². The van der Waals surface area contributed by atoms with E-state index in [2.05, 4.69) is 6.07 Å². The van der Waals surface area contributed by atoms with Gasteiger partial charge in [-0.3, -0.25) is 0 Å². The highest BCUT2D eigenvalue weighted by molar-refractivity contribution is 5.71. The van der Waals surface area contributed by atoms with Gasteiger partial charge < -0.3 is 9.47 Å². The Morgan fingerprint density at radius 3 is 2.35 bits per heavy atom. The quantitative estimate of drug-likeness (QED) is 0.625. The van der Waals surface area contributed by atoms with Gasteiger partial charge in [0.25, 0.3) is 0 Å². The first kappa shape index (κ1) is 17.2. The second-order valence-corrected chi connectivity index (χ2v) is 5.65. The van der Waals surface area contributed by atoms with Crippen molar-refractivity contribution in [2.45, 2.75) is 6.61 Å². The van der Waals surface area contributed by atoms with Crippen molar-refractivity contribution in [2.75, 3.05) is 6.61 Å². The number of nitriles is 1. The van der Waals surface area contributed by atoms with Crippen LogP contribution < -0.4 is 4.74 Å². The molecule has 0 atom stereocenters. The van der Waals surface area contributed by atoms with Gasteiger partial charge in [-0.05, 0) is 41.0 Å². The molecule has 3 aromatic rings. The summed E-state index contributed by atoms with van der Waals surface area (Å²) in [5, 5.41) is 8.86. The topological polar surface area (TPSA) is 59.3 Å². The lowest BCUT2D eigenvalue weighted by molar-refractivity contribution is -0.147. The fraction of sp³-hybridized carbons (Fsp3) is 0.0909. The number of benzene rings is 3. The second-order valence-electron chi connectivity index (χ2n) is 5.65. The third kappa shape index (κ3) is 4.71. The zero-order valence-corrected chi connectivity index (χ0v) is 14.1. The summed E-state index contributed by atoms with van der Waals surface area (Å²) < 4.78 is 10.6. The van der Waals surface area contributed by atoms with Crippen molar-refractivity contribution in [3.63, 3.8) is 0 Å². The molecule has 4 nitrogen and oxygen atoms in total. The molecule has 0 aliphatic rings. The number of carbonyl (C=O) groups excluding carboxylic acids is 1. The van der Waals surface area contributed by atoms with E-state index in [1.807, 2.05) is 54.6 Å². The smallest absolute Gasteiger partial charge is 0.344 e. The minimum Gasteiger partial charge on any atom is -0.482 e. The van der Waals surface area contributed by atoms with E-state index in [4.69, 9.17) is 14.7 Å². The maximum absolute atomic E-state index is 11.8. The van der Waals surface area contributed by atoms with Crippen LogP contribution in [0.4, 0.5) is 0 Å². The van der Waals surface area contributed by atoms with E-state index in [0.717, 1.165) is 16.7 Å². The lowest BCUT2D eigenvalue weighted by atomic mass is 10.1. The summed E-state index contributed by atoms with van der Waals surface area (Å²) in [7, 11) is 0. The summed E-state index contributed by atoms with van der Waals surface area (Å²) >= 11 is 0. The number of nitrogens with zero attached hydrogens (tertiary/aromatic N) is 1. The summed E-state index contributed by atoms with van der Waals surface area (Å²) in [5.74, 6) is 0.146. The SMILES string of the molecule is N#Cc1cccc(COC(=O)COc2ccc(-c3ccccc3)cc2)c1. The van der Waals surface area contributed by atoms with Crippen LogP contribution in [0, 0.1) is 11.3 Å². The number of rotatable bonds is 6. The van der Waals surface area contributed by atoms with Crippen LogP contribution in [0.25, 0.3) is 11.1 Å². The first-order valence-corrected chi connectivity index (χ1v) is 8.17. The molecule has 0 radical (unpaired) electrons. The Hall–Kier alpha value is -3.58. The monoisotopic (exact) mass is 343 g/mol. The molecule has 0 unspecified atom stereocenters. The molecule has 0 saturated carbocycles. The molecule has 0 aromatic heterocycles. The van der Waals surface area contributed by atoms with Crippen LogP contribution in [0.2, 0.25) is 0 Å². The Kier molecular flexibility index (Phi) is 5.64. The van der Waals surface area contributed by atoms with E-state index in [0.29, 0.717) is 11.3 Å². The Labute approximate surface area is 152 Å². The summed E-state index contributed by atoms with van der Waals surface area (Å²) in [6.07, 6.45) is 0. The molecule has 0 heterocycles. The Morgan fingerprint density at radius 2 is 1.62 bits per heavy atom. The normalized spacial score (nSPS) is 9.96. The molecule has 128 valence electrons. The standard InChI is InChI=1S/C22H17NO3/c23-14-17-5-4-6-18(13-17)15-26-22(24)16-25-21-11-9-20(10-12-21)19-7-2-1-3-8-19/h1-13H,15-16H2. The van der Waals surface area contributed by atoms with Gasteiger partial charge in [-0.25, -0.2) is 4.79 Å². The zero-order valence-electron chi connectivity index (χ0n) is 14.1. The maximum Gasteiger partial charge on any atom is 0.344 e. The van der Waals surface area contributed by atoms with Gasteiger partial charge in [0.1, 0.15) is 12.4 Å². The maximum atomic E-state index is 11.8. The van der Waals surface area contributed by atoms with Crippen LogP contribution in [-0.4, -0.2) is 12.6 Å². The van der Waals surface area contributed by atoms with Crippen molar-refractivity contribution in [2.24, 2.45) is 0 Å². The van der Waals surface area contributed by atoms with E-state index in [1.54, 1.807) is 24.3 Å². The number of esters is 1. The van der Waals surface area contributed by atoms with Gasteiger partial charge in [0, 0.05) is 0 Å². The summed E-state index contributed by atoms with van der Waals surface area (Å²) in [5.41, 5.74) is 3.51. The van der Waals surface area contributed by atoms with Crippen molar-refractivity contribution in [3.8, 4) is 22.9 Å². The molecule has 3 rings (SSSR count). The highest BCUT2D eigenvalue weighted by Crippen LogP contribution is 2.22. The molecule has 0 saturated heterocycles. The minimum absolute atomic E-state index is 0.116.